The summed E-state index contributed by atoms with van der Waals surface area (Å²) in [5, 5.41) is 6.99. The second-order valence-corrected chi connectivity index (χ2v) is 11.0. The molecule has 0 bridgehead atoms. The van der Waals surface area contributed by atoms with Gasteiger partial charge in [0.25, 0.3) is 0 Å². The van der Waals surface area contributed by atoms with Crippen LogP contribution in [-0.2, 0) is 22.3 Å². The van der Waals surface area contributed by atoms with Gasteiger partial charge in [-0.3, -0.25) is 0 Å². The lowest BCUT2D eigenvalue weighted by molar-refractivity contribution is 0.131. The molecule has 0 atom stereocenters. The van der Waals surface area contributed by atoms with Crippen molar-refractivity contribution in [3.8, 4) is 0 Å². The zero-order valence-electron chi connectivity index (χ0n) is 23.9. The average Bonchev–Trinajstić information content (AvgIpc) is 3.51. The molecular formula is C36H40O4. The molecule has 0 fully saturated rings. The normalized spacial score (nSPS) is 12.2. The lowest BCUT2D eigenvalue weighted by atomic mass is 9.93. The molecule has 4 nitrogen and oxygen atoms in total. The van der Waals surface area contributed by atoms with Crippen LogP contribution in [0.25, 0.3) is 54.6 Å². The number of furan rings is 2. The predicted octanol–water partition coefficient (Wildman–Crippen LogP) is 10.1. The van der Waals surface area contributed by atoms with E-state index in [0.717, 1.165) is 122 Å². The molecule has 40 heavy (non-hydrogen) atoms. The molecule has 0 saturated carbocycles. The van der Waals surface area contributed by atoms with E-state index in [9.17, 15) is 0 Å². The molecule has 0 N–H and O–H groups in total. The number of ether oxygens (including phenoxy) is 2. The summed E-state index contributed by atoms with van der Waals surface area (Å²) < 4.78 is 24.1. The van der Waals surface area contributed by atoms with Gasteiger partial charge in [0.05, 0.1) is 0 Å². The molecule has 208 valence electrons. The molecule has 4 heteroatoms. The first-order valence-corrected chi connectivity index (χ1v) is 15.1. The molecule has 0 amide bonds. The summed E-state index contributed by atoms with van der Waals surface area (Å²) in [6.45, 7) is 7.74. The van der Waals surface area contributed by atoms with E-state index in [2.05, 4.69) is 62.4 Å². The van der Waals surface area contributed by atoms with Crippen LogP contribution < -0.4 is 0 Å². The van der Waals surface area contributed by atoms with E-state index in [4.69, 9.17) is 18.3 Å². The third kappa shape index (κ3) is 5.61. The SMILES string of the molecule is CCCOCCCCc1cc2cc3oc4cc5c(cc4c3cc2cc1CCCCOCCC)oc1ccccc15. The highest BCUT2D eigenvalue weighted by Crippen LogP contribution is 2.38. The Labute approximate surface area is 236 Å². The summed E-state index contributed by atoms with van der Waals surface area (Å²) >= 11 is 0. The fraction of sp³-hybridized carbons (Fsp3) is 0.389. The molecule has 6 rings (SSSR count). The van der Waals surface area contributed by atoms with Gasteiger partial charge in [-0.15, -0.1) is 0 Å². The lowest BCUT2D eigenvalue weighted by Gasteiger charge is -2.13. The number of aryl methyl sites for hydroxylation is 2. The monoisotopic (exact) mass is 536 g/mol. The molecule has 2 heterocycles. The Bertz CT molecular complexity index is 1740. The van der Waals surface area contributed by atoms with Crippen LogP contribution in [0.1, 0.15) is 63.5 Å². The molecule has 0 saturated heterocycles. The molecule has 0 aliphatic rings. The molecule has 0 spiro atoms. The number of hydrogen-bond acceptors (Lipinski definition) is 4. The molecule has 0 unspecified atom stereocenters. The highest BCUT2D eigenvalue weighted by molar-refractivity contribution is 6.16. The van der Waals surface area contributed by atoms with Gasteiger partial charge >= 0.3 is 0 Å². The van der Waals surface area contributed by atoms with E-state index in [1.54, 1.807) is 0 Å². The second-order valence-electron chi connectivity index (χ2n) is 11.0. The van der Waals surface area contributed by atoms with Crippen LogP contribution in [0.5, 0.6) is 0 Å². The minimum atomic E-state index is 0.850. The van der Waals surface area contributed by atoms with Crippen LogP contribution in [0.4, 0.5) is 0 Å². The fourth-order valence-corrected chi connectivity index (χ4v) is 5.88. The summed E-state index contributed by atoms with van der Waals surface area (Å²) in [6, 6.07) is 21.8. The van der Waals surface area contributed by atoms with Crippen LogP contribution in [0.15, 0.2) is 69.5 Å². The minimum Gasteiger partial charge on any atom is -0.456 e. The van der Waals surface area contributed by atoms with Gasteiger partial charge in [-0.2, -0.15) is 0 Å². The Morgan fingerprint density at radius 1 is 0.500 bits per heavy atom. The maximum atomic E-state index is 6.43. The molecule has 0 aliphatic heterocycles. The maximum Gasteiger partial charge on any atom is 0.136 e. The topological polar surface area (TPSA) is 44.7 Å². The number of rotatable bonds is 14. The smallest absolute Gasteiger partial charge is 0.136 e. The van der Waals surface area contributed by atoms with Gasteiger partial charge in [0, 0.05) is 48.0 Å². The largest absolute Gasteiger partial charge is 0.456 e. The highest BCUT2D eigenvalue weighted by Gasteiger charge is 2.15. The summed E-state index contributed by atoms with van der Waals surface area (Å²) in [5.41, 5.74) is 6.57. The average molecular weight is 537 g/mol. The predicted molar refractivity (Wildman–Crippen MR) is 167 cm³/mol. The summed E-state index contributed by atoms with van der Waals surface area (Å²) in [6.07, 6.45) is 8.80. The summed E-state index contributed by atoms with van der Waals surface area (Å²) in [4.78, 5) is 0. The van der Waals surface area contributed by atoms with Gasteiger partial charge in [-0.1, -0.05) is 44.2 Å². The van der Waals surface area contributed by atoms with Crippen molar-refractivity contribution in [2.45, 2.75) is 65.2 Å². The van der Waals surface area contributed by atoms with E-state index in [1.165, 1.54) is 21.9 Å². The van der Waals surface area contributed by atoms with Gasteiger partial charge in [-0.25, -0.2) is 0 Å². The van der Waals surface area contributed by atoms with Crippen LogP contribution in [0.2, 0.25) is 0 Å². The van der Waals surface area contributed by atoms with E-state index in [0.29, 0.717) is 0 Å². The van der Waals surface area contributed by atoms with Crippen LogP contribution >= 0.6 is 0 Å². The zero-order valence-corrected chi connectivity index (χ0v) is 23.9. The highest BCUT2D eigenvalue weighted by atomic mass is 16.5. The lowest BCUT2D eigenvalue weighted by Crippen LogP contribution is -2.01. The Morgan fingerprint density at radius 3 is 1.68 bits per heavy atom. The minimum absolute atomic E-state index is 0.850. The van der Waals surface area contributed by atoms with Gasteiger partial charge in [0.15, 0.2) is 0 Å². The molecule has 2 aromatic heterocycles. The number of fused-ring (bicyclic) bond motifs is 7. The van der Waals surface area contributed by atoms with Crippen molar-refractivity contribution < 1.29 is 18.3 Å². The Morgan fingerprint density at radius 2 is 1.02 bits per heavy atom. The first kappa shape index (κ1) is 26.9. The van der Waals surface area contributed by atoms with E-state index < -0.39 is 0 Å². The zero-order chi connectivity index (χ0) is 27.3. The summed E-state index contributed by atoms with van der Waals surface area (Å²) in [7, 11) is 0. The van der Waals surface area contributed by atoms with Crippen molar-refractivity contribution in [2.75, 3.05) is 26.4 Å². The first-order chi connectivity index (χ1) is 19.7. The Kier molecular flexibility index (Phi) is 8.36. The Hall–Kier alpha value is -3.34. The molecule has 4 aromatic carbocycles. The molecule has 0 radical (unpaired) electrons. The number of para-hydroxylation sites is 1. The van der Waals surface area contributed by atoms with Crippen molar-refractivity contribution in [1.29, 1.82) is 0 Å². The van der Waals surface area contributed by atoms with Crippen molar-refractivity contribution >= 4 is 54.6 Å². The first-order valence-electron chi connectivity index (χ1n) is 15.1. The third-order valence-corrected chi connectivity index (χ3v) is 7.91. The third-order valence-electron chi connectivity index (χ3n) is 7.91. The van der Waals surface area contributed by atoms with Gasteiger partial charge in [-0.05, 0) is 104 Å². The van der Waals surface area contributed by atoms with E-state index in [-0.39, 0.29) is 0 Å². The van der Waals surface area contributed by atoms with Gasteiger partial charge in [0.1, 0.15) is 22.3 Å². The second kappa shape index (κ2) is 12.4. The van der Waals surface area contributed by atoms with E-state index >= 15 is 0 Å². The molecule has 0 aliphatic carbocycles. The fourth-order valence-electron chi connectivity index (χ4n) is 5.88. The number of benzene rings is 4. The van der Waals surface area contributed by atoms with Crippen LogP contribution in [0, 0.1) is 0 Å². The molecule has 6 aromatic rings. The molecular weight excluding hydrogens is 496 g/mol. The van der Waals surface area contributed by atoms with Crippen LogP contribution in [0.3, 0.4) is 0 Å². The van der Waals surface area contributed by atoms with Crippen molar-refractivity contribution in [3.05, 3.63) is 71.8 Å². The van der Waals surface area contributed by atoms with Crippen molar-refractivity contribution in [1.82, 2.24) is 0 Å². The maximum absolute atomic E-state index is 6.43. The van der Waals surface area contributed by atoms with Gasteiger partial charge < -0.3 is 18.3 Å². The summed E-state index contributed by atoms with van der Waals surface area (Å²) in [5.74, 6) is 0. The van der Waals surface area contributed by atoms with E-state index in [1.807, 2.05) is 12.1 Å². The number of hydrogen-bond donors (Lipinski definition) is 0. The Balaban J connectivity index is 1.33. The van der Waals surface area contributed by atoms with Crippen LogP contribution in [-0.4, -0.2) is 26.4 Å². The van der Waals surface area contributed by atoms with Crippen molar-refractivity contribution in [3.63, 3.8) is 0 Å². The standard InChI is InChI=1S/C36H40O4/c1-3-15-37-17-9-7-11-25-19-27-21-30-32-24-35-31(29-13-5-6-14-33(29)39-35)23-36(32)40-34(30)22-28(27)20-26(25)12-8-10-18-38-16-4-2/h5-6,13-14,19-24H,3-4,7-12,15-18H2,1-2H3. The van der Waals surface area contributed by atoms with Crippen molar-refractivity contribution in [2.24, 2.45) is 0 Å². The quantitative estimate of drug-likeness (QED) is 0.130. The number of unbranched alkanes of at least 4 members (excludes halogenated alkanes) is 2. The van der Waals surface area contributed by atoms with Gasteiger partial charge in [0.2, 0.25) is 0 Å².